The summed E-state index contributed by atoms with van der Waals surface area (Å²) in [4.78, 5) is 13.8. The van der Waals surface area contributed by atoms with E-state index in [0.29, 0.717) is 6.54 Å². The molecule has 3 rings (SSSR count). The molecule has 0 spiro atoms. The van der Waals surface area contributed by atoms with Crippen LogP contribution in [-0.2, 0) is 13.0 Å². The van der Waals surface area contributed by atoms with Gasteiger partial charge in [-0.15, -0.1) is 35.3 Å². The zero-order chi connectivity index (χ0) is 17.6. The van der Waals surface area contributed by atoms with Crippen LogP contribution >= 0.6 is 35.3 Å². The Balaban J connectivity index is 0.00000243. The molecule has 2 aromatic heterocycles. The lowest BCUT2D eigenvalue weighted by Gasteiger charge is -2.10. The lowest BCUT2D eigenvalue weighted by atomic mass is 10.1. The van der Waals surface area contributed by atoms with Crippen molar-refractivity contribution in [3.05, 3.63) is 51.6 Å². The summed E-state index contributed by atoms with van der Waals surface area (Å²) in [6.07, 6.45) is 3.04. The smallest absolute Gasteiger partial charge is 0.191 e. The molecule has 140 valence electrons. The van der Waals surface area contributed by atoms with Crippen LogP contribution in [0.1, 0.15) is 28.1 Å². The average Bonchev–Trinajstić information content (AvgIpc) is 3.16. The highest BCUT2D eigenvalue weighted by Gasteiger charge is 2.05. The summed E-state index contributed by atoms with van der Waals surface area (Å²) in [7, 11) is 0. The number of aromatic amines is 1. The molecule has 0 fully saturated rings. The third-order valence-electron chi connectivity index (χ3n) is 4.15. The molecule has 1 aromatic carbocycles. The zero-order valence-corrected chi connectivity index (χ0v) is 18.6. The van der Waals surface area contributed by atoms with Crippen molar-refractivity contribution in [3.63, 3.8) is 0 Å². The number of aryl methyl sites for hydroxylation is 2. The van der Waals surface area contributed by atoms with Gasteiger partial charge in [-0.3, -0.25) is 0 Å². The van der Waals surface area contributed by atoms with Gasteiger partial charge in [0, 0.05) is 35.1 Å². The van der Waals surface area contributed by atoms with Gasteiger partial charge in [0.25, 0.3) is 0 Å². The summed E-state index contributed by atoms with van der Waals surface area (Å²) < 4.78 is 0. The minimum absolute atomic E-state index is 0. The highest BCUT2D eigenvalue weighted by atomic mass is 127. The van der Waals surface area contributed by atoms with E-state index in [-0.39, 0.29) is 24.0 Å². The molecule has 3 N–H and O–H groups in total. The predicted molar refractivity (Wildman–Crippen MR) is 122 cm³/mol. The van der Waals surface area contributed by atoms with Crippen molar-refractivity contribution in [2.45, 2.75) is 33.7 Å². The van der Waals surface area contributed by atoms with E-state index in [9.17, 15) is 0 Å². The number of thiazole rings is 1. The number of aliphatic imine (C=N–C) groups is 1. The fourth-order valence-electron chi connectivity index (χ4n) is 2.75. The maximum absolute atomic E-state index is 4.65. The second-order valence-corrected chi connectivity index (χ2v) is 7.27. The Morgan fingerprint density at radius 3 is 2.77 bits per heavy atom. The molecule has 0 saturated heterocycles. The molecule has 3 aromatic rings. The number of fused-ring (bicyclic) bond motifs is 1. The minimum atomic E-state index is 0. The second kappa shape index (κ2) is 9.91. The van der Waals surface area contributed by atoms with Crippen LogP contribution in [0.25, 0.3) is 10.9 Å². The maximum atomic E-state index is 4.65. The van der Waals surface area contributed by atoms with E-state index in [1.807, 2.05) is 6.92 Å². The Morgan fingerprint density at radius 2 is 2.04 bits per heavy atom. The number of nitrogens with zero attached hydrogens (tertiary/aromatic N) is 2. The van der Waals surface area contributed by atoms with Crippen molar-refractivity contribution in [2.24, 2.45) is 4.99 Å². The van der Waals surface area contributed by atoms with Crippen LogP contribution < -0.4 is 10.6 Å². The van der Waals surface area contributed by atoms with Crippen molar-refractivity contribution in [3.8, 4) is 0 Å². The van der Waals surface area contributed by atoms with Crippen LogP contribution in [0.5, 0.6) is 0 Å². The summed E-state index contributed by atoms with van der Waals surface area (Å²) in [6, 6.07) is 8.40. The molecular weight excluding hydrogens is 457 g/mol. The maximum Gasteiger partial charge on any atom is 0.191 e. The average molecular weight is 483 g/mol. The number of hydrogen-bond acceptors (Lipinski definition) is 3. The number of halogens is 1. The van der Waals surface area contributed by atoms with E-state index in [0.717, 1.165) is 36.2 Å². The van der Waals surface area contributed by atoms with Crippen LogP contribution in [0.15, 0.2) is 35.5 Å². The van der Waals surface area contributed by atoms with E-state index in [2.05, 4.69) is 69.9 Å². The SMILES string of the molecule is CCNC(=NCc1nc(C)c(C)s1)NCCc1c[nH]c2ccccc12.I. The molecule has 0 amide bonds. The van der Waals surface area contributed by atoms with Crippen molar-refractivity contribution < 1.29 is 0 Å². The van der Waals surface area contributed by atoms with E-state index in [4.69, 9.17) is 0 Å². The van der Waals surface area contributed by atoms with Gasteiger partial charge in [0.1, 0.15) is 5.01 Å². The Morgan fingerprint density at radius 1 is 1.23 bits per heavy atom. The van der Waals surface area contributed by atoms with Crippen LogP contribution in [0.4, 0.5) is 0 Å². The Hall–Kier alpha value is -1.61. The van der Waals surface area contributed by atoms with Crippen LogP contribution in [0.2, 0.25) is 0 Å². The summed E-state index contributed by atoms with van der Waals surface area (Å²) >= 11 is 1.72. The molecule has 2 heterocycles. The van der Waals surface area contributed by atoms with Crippen LogP contribution in [0.3, 0.4) is 0 Å². The number of rotatable bonds is 6. The van der Waals surface area contributed by atoms with Crippen molar-refractivity contribution >= 4 is 52.2 Å². The first-order chi connectivity index (χ1) is 12.2. The van der Waals surface area contributed by atoms with Gasteiger partial charge in [-0.2, -0.15) is 0 Å². The Labute approximate surface area is 175 Å². The van der Waals surface area contributed by atoms with Crippen molar-refractivity contribution in [1.82, 2.24) is 20.6 Å². The Bertz CT molecular complexity index is 848. The van der Waals surface area contributed by atoms with Gasteiger partial charge in [-0.25, -0.2) is 9.98 Å². The van der Waals surface area contributed by atoms with Crippen LogP contribution in [0, 0.1) is 13.8 Å². The summed E-state index contributed by atoms with van der Waals surface area (Å²) in [5.41, 5.74) is 3.62. The van der Waals surface area contributed by atoms with Crippen molar-refractivity contribution in [2.75, 3.05) is 13.1 Å². The van der Waals surface area contributed by atoms with E-state index < -0.39 is 0 Å². The number of benzene rings is 1. The fraction of sp³-hybridized carbons (Fsp3) is 0.368. The van der Waals surface area contributed by atoms with Gasteiger partial charge < -0.3 is 15.6 Å². The monoisotopic (exact) mass is 483 g/mol. The largest absolute Gasteiger partial charge is 0.361 e. The molecule has 0 radical (unpaired) electrons. The van der Waals surface area contributed by atoms with E-state index >= 15 is 0 Å². The first-order valence-electron chi connectivity index (χ1n) is 8.67. The molecule has 0 atom stereocenters. The van der Waals surface area contributed by atoms with Gasteiger partial charge in [0.15, 0.2) is 5.96 Å². The lowest BCUT2D eigenvalue weighted by Crippen LogP contribution is -2.38. The highest BCUT2D eigenvalue weighted by molar-refractivity contribution is 14.0. The number of aromatic nitrogens is 2. The van der Waals surface area contributed by atoms with Gasteiger partial charge in [-0.1, -0.05) is 18.2 Å². The number of hydrogen-bond donors (Lipinski definition) is 3. The van der Waals surface area contributed by atoms with Gasteiger partial charge in [0.2, 0.25) is 0 Å². The summed E-state index contributed by atoms with van der Waals surface area (Å²) in [6.45, 7) is 8.52. The molecule has 0 aliphatic heterocycles. The molecule has 0 saturated carbocycles. The standard InChI is InChI=1S/C19H25N5S.HI/c1-4-20-19(23-12-18-24-13(2)14(3)25-18)21-10-9-15-11-22-17-8-6-5-7-16(15)17;/h5-8,11,22H,4,9-10,12H2,1-3H3,(H2,20,21,23);1H. The summed E-state index contributed by atoms with van der Waals surface area (Å²) in [5.74, 6) is 0.841. The number of H-pyrrole nitrogens is 1. The molecular formula is C19H26IN5S. The Kier molecular flexibility index (Phi) is 7.89. The van der Waals surface area contributed by atoms with Crippen molar-refractivity contribution in [1.29, 1.82) is 0 Å². The highest BCUT2D eigenvalue weighted by Crippen LogP contribution is 2.18. The first-order valence-corrected chi connectivity index (χ1v) is 9.49. The topological polar surface area (TPSA) is 65.1 Å². The van der Waals surface area contributed by atoms with E-state index in [1.54, 1.807) is 11.3 Å². The fourth-order valence-corrected chi connectivity index (χ4v) is 3.61. The zero-order valence-electron chi connectivity index (χ0n) is 15.4. The number of nitrogens with one attached hydrogen (secondary N) is 3. The number of para-hydroxylation sites is 1. The minimum Gasteiger partial charge on any atom is -0.361 e. The molecule has 5 nitrogen and oxygen atoms in total. The molecule has 0 aliphatic rings. The predicted octanol–water partition coefficient (Wildman–Crippen LogP) is 4.16. The first kappa shape index (κ1) is 20.7. The van der Waals surface area contributed by atoms with E-state index in [1.165, 1.54) is 21.3 Å². The quantitative estimate of drug-likeness (QED) is 0.280. The van der Waals surface area contributed by atoms with Gasteiger partial charge in [0.05, 0.1) is 12.2 Å². The summed E-state index contributed by atoms with van der Waals surface area (Å²) in [5, 5.41) is 9.07. The molecule has 0 bridgehead atoms. The lowest BCUT2D eigenvalue weighted by molar-refractivity contribution is 0.800. The molecule has 0 aliphatic carbocycles. The number of guanidine groups is 1. The van der Waals surface area contributed by atoms with Gasteiger partial charge >= 0.3 is 0 Å². The molecule has 0 unspecified atom stereocenters. The molecule has 26 heavy (non-hydrogen) atoms. The normalized spacial score (nSPS) is 11.4. The van der Waals surface area contributed by atoms with Crippen LogP contribution in [-0.4, -0.2) is 29.0 Å². The molecule has 7 heteroatoms. The van der Waals surface area contributed by atoms with Gasteiger partial charge in [-0.05, 0) is 38.8 Å². The second-order valence-electron chi connectivity index (χ2n) is 5.98. The third kappa shape index (κ3) is 5.20. The third-order valence-corrected chi connectivity index (χ3v) is 5.21.